The molecule has 5 aromatic rings. The van der Waals surface area contributed by atoms with Crippen LogP contribution >= 0.6 is 0 Å². The summed E-state index contributed by atoms with van der Waals surface area (Å²) < 4.78 is 81.7. The van der Waals surface area contributed by atoms with Gasteiger partial charge >= 0.3 is 5.89 Å². The van der Waals surface area contributed by atoms with Crippen LogP contribution in [0.4, 0.5) is 5.69 Å². The third-order valence-electron chi connectivity index (χ3n) is 15.4. The van der Waals surface area contributed by atoms with Gasteiger partial charge in [-0.1, -0.05) is 236 Å². The van der Waals surface area contributed by atoms with Crippen molar-refractivity contribution in [2.75, 3.05) is 11.4 Å². The van der Waals surface area contributed by atoms with Gasteiger partial charge in [-0.2, -0.15) is 21.4 Å². The topological polar surface area (TPSA) is 138 Å². The highest BCUT2D eigenvalue weighted by molar-refractivity contribution is 7.86. The zero-order valence-corrected chi connectivity index (χ0v) is 48.5. The molecule has 0 saturated carbocycles. The van der Waals surface area contributed by atoms with E-state index in [1.807, 2.05) is 42.5 Å². The molecular formula is C65H93N2O8S2+. The molecule has 0 atom stereocenters. The summed E-state index contributed by atoms with van der Waals surface area (Å²) in [5.41, 5.74) is 6.12. The van der Waals surface area contributed by atoms with Gasteiger partial charge in [0.05, 0.1) is 21.6 Å². The van der Waals surface area contributed by atoms with Crippen LogP contribution in [-0.4, -0.2) is 32.5 Å². The fraction of sp³-hybridized carbons (Fsp3) is 0.554. The Hall–Kier alpha value is -4.75. The zero-order valence-electron chi connectivity index (χ0n) is 46.9. The average Bonchev–Trinajstić information content (AvgIpc) is 3.98. The molecule has 0 radical (unpaired) electrons. The molecule has 77 heavy (non-hydrogen) atoms. The summed E-state index contributed by atoms with van der Waals surface area (Å²) >= 11 is 0. The van der Waals surface area contributed by atoms with Crippen LogP contribution in [0, 0.1) is 0 Å². The van der Waals surface area contributed by atoms with Crippen molar-refractivity contribution in [3.63, 3.8) is 0 Å². The van der Waals surface area contributed by atoms with Gasteiger partial charge in [0.1, 0.15) is 0 Å². The number of nitrogens with zero attached hydrogens (tertiary/aromatic N) is 2. The van der Waals surface area contributed by atoms with Crippen LogP contribution in [0.2, 0.25) is 0 Å². The maximum Gasteiger partial charge on any atom is 0.374 e. The minimum absolute atomic E-state index is 0.142. The van der Waals surface area contributed by atoms with Crippen LogP contribution in [0.3, 0.4) is 0 Å². The third kappa shape index (κ3) is 21.1. The molecule has 0 unspecified atom stereocenters. The molecule has 10 nitrogen and oxygen atoms in total. The van der Waals surface area contributed by atoms with Crippen molar-refractivity contribution in [2.24, 2.45) is 0 Å². The fourth-order valence-corrected chi connectivity index (χ4v) is 11.7. The van der Waals surface area contributed by atoms with E-state index in [-0.39, 0.29) is 9.79 Å². The molecule has 1 aliphatic rings. The van der Waals surface area contributed by atoms with E-state index >= 15 is 0 Å². The maximum atomic E-state index is 11.8. The van der Waals surface area contributed by atoms with Crippen LogP contribution in [0.15, 0.2) is 117 Å². The maximum absolute atomic E-state index is 11.8. The molecule has 0 saturated heterocycles. The molecule has 2 heterocycles. The van der Waals surface area contributed by atoms with Crippen molar-refractivity contribution in [1.82, 2.24) is 0 Å². The molecule has 0 aliphatic carbocycles. The summed E-state index contributed by atoms with van der Waals surface area (Å²) in [7, 11) is -8.61. The van der Waals surface area contributed by atoms with Crippen molar-refractivity contribution in [2.45, 2.75) is 236 Å². The number of ether oxygens (including phenoxy) is 1. The summed E-state index contributed by atoms with van der Waals surface area (Å²) in [5.74, 6) is 2.18. The van der Waals surface area contributed by atoms with Crippen LogP contribution in [0.25, 0.3) is 39.4 Å². The molecule has 1 aliphatic heterocycles. The van der Waals surface area contributed by atoms with E-state index in [2.05, 4.69) is 35.4 Å². The predicted molar refractivity (Wildman–Crippen MR) is 318 cm³/mol. The van der Waals surface area contributed by atoms with Crippen LogP contribution in [0.5, 0.6) is 5.75 Å². The first-order valence-corrected chi connectivity index (χ1v) is 32.9. The van der Waals surface area contributed by atoms with Gasteiger partial charge in [0.15, 0.2) is 12.3 Å². The van der Waals surface area contributed by atoms with E-state index in [9.17, 15) is 25.9 Å². The second-order valence-electron chi connectivity index (χ2n) is 21.7. The minimum Gasteiger partial charge on any atom is -0.439 e. The Morgan fingerprint density at radius 2 is 0.857 bits per heavy atom. The van der Waals surface area contributed by atoms with E-state index in [1.165, 1.54) is 204 Å². The van der Waals surface area contributed by atoms with Gasteiger partial charge < -0.3 is 14.1 Å². The van der Waals surface area contributed by atoms with Crippen LogP contribution < -0.4 is 14.2 Å². The van der Waals surface area contributed by atoms with E-state index in [0.717, 1.165) is 83.6 Å². The second kappa shape index (κ2) is 33.6. The average molecular weight is 1090 g/mol. The smallest absolute Gasteiger partial charge is 0.374 e. The zero-order chi connectivity index (χ0) is 54.6. The van der Waals surface area contributed by atoms with E-state index in [1.54, 1.807) is 24.3 Å². The predicted octanol–water partition coefficient (Wildman–Crippen LogP) is 18.8. The Morgan fingerprint density at radius 3 is 1.30 bits per heavy atom. The number of allylic oxidation sites excluding steroid dienone is 2. The second-order valence-corrected chi connectivity index (χ2v) is 24.5. The molecular weight excluding hydrogens is 1000 g/mol. The van der Waals surface area contributed by atoms with Gasteiger partial charge in [-0.15, -0.1) is 0 Å². The summed E-state index contributed by atoms with van der Waals surface area (Å²) in [6.07, 6.45) is 47.8. The number of benzene rings is 4. The standard InChI is InChI=1S/C65H92N2O8S2/c1-3-5-7-9-11-13-15-17-19-21-23-25-27-29-31-33-50-66-60-52-56(54-38-44-58(45-39-54)76(68,69)70)42-48-62(60)74-64(66)36-35-37-65-67(51-34-32-30-28-26-24-22-20-18-16-14-12-10-8-6-4-2)61-53-57(43-49-63(61)75-65)55-40-46-59(47-41-55)77(71,72)73/h35-49,52-53H,3-34,50-51H2,1-2H3,(H-,68,69,70,71,72,73)/p+1. The first-order valence-electron chi connectivity index (χ1n) is 30.1. The number of aryl methyl sites for hydroxylation is 1. The lowest BCUT2D eigenvalue weighted by molar-refractivity contribution is -0.678. The molecule has 0 fully saturated rings. The summed E-state index contributed by atoms with van der Waals surface area (Å²) in [5, 5.41) is 0. The Labute approximate surface area is 464 Å². The van der Waals surface area contributed by atoms with Crippen LogP contribution in [-0.2, 0) is 26.8 Å². The van der Waals surface area contributed by atoms with Gasteiger partial charge in [0, 0.05) is 19.0 Å². The van der Waals surface area contributed by atoms with Crippen LogP contribution in [0.1, 0.15) is 225 Å². The summed E-state index contributed by atoms with van der Waals surface area (Å²) in [4.78, 5) is 1.96. The van der Waals surface area contributed by atoms with Crippen molar-refractivity contribution in [1.29, 1.82) is 0 Å². The van der Waals surface area contributed by atoms with Gasteiger partial charge in [0.25, 0.3) is 25.8 Å². The van der Waals surface area contributed by atoms with E-state index < -0.39 is 20.2 Å². The number of anilines is 1. The molecule has 0 amide bonds. The lowest BCUT2D eigenvalue weighted by Crippen LogP contribution is -2.35. The molecule has 0 spiro atoms. The first-order chi connectivity index (χ1) is 37.5. The molecule has 0 bridgehead atoms. The number of rotatable bonds is 40. The summed E-state index contributed by atoms with van der Waals surface area (Å²) in [6.45, 7) is 6.10. The Morgan fingerprint density at radius 1 is 0.468 bits per heavy atom. The Balaban J connectivity index is 1.10. The van der Waals surface area contributed by atoms with Gasteiger partial charge in [-0.05, 0) is 89.7 Å². The number of fused-ring (bicyclic) bond motifs is 2. The lowest BCUT2D eigenvalue weighted by Gasteiger charge is -2.18. The van der Waals surface area contributed by atoms with E-state index in [4.69, 9.17) is 9.15 Å². The fourth-order valence-electron chi connectivity index (χ4n) is 10.8. The Bertz CT molecular complexity index is 2780. The van der Waals surface area contributed by atoms with Crippen molar-refractivity contribution in [3.8, 4) is 28.0 Å². The molecule has 6 rings (SSSR count). The number of unbranched alkanes of at least 4 members (excludes halogenated alkanes) is 30. The monoisotopic (exact) mass is 1090 g/mol. The highest BCUT2D eigenvalue weighted by Gasteiger charge is 2.27. The van der Waals surface area contributed by atoms with Crippen molar-refractivity contribution < 1.29 is 39.7 Å². The number of oxazole rings is 1. The molecule has 12 heteroatoms. The number of aromatic nitrogens is 1. The lowest BCUT2D eigenvalue weighted by atomic mass is 10.0. The molecule has 4 aromatic carbocycles. The first kappa shape index (κ1) is 61.5. The van der Waals surface area contributed by atoms with Gasteiger partial charge in [0.2, 0.25) is 11.5 Å². The normalized spacial score (nSPS) is 13.4. The number of hydrogen-bond acceptors (Lipinski definition) is 7. The third-order valence-corrected chi connectivity index (χ3v) is 17.1. The largest absolute Gasteiger partial charge is 0.439 e. The number of hydrogen-bond donors (Lipinski definition) is 2. The molecule has 422 valence electrons. The highest BCUT2D eigenvalue weighted by Crippen LogP contribution is 2.42. The quantitative estimate of drug-likeness (QED) is 0.0223. The van der Waals surface area contributed by atoms with E-state index in [0.29, 0.717) is 11.8 Å². The van der Waals surface area contributed by atoms with Gasteiger partial charge in [-0.25, -0.2) is 0 Å². The minimum atomic E-state index is -4.31. The SMILES string of the molecule is CCCCCCCCCCCCCCCCCCN1/C(=C/C=C/c2oc3ccc(-c4ccc(S(=O)(=O)O)cc4)cc3[n+]2CCCCCCCCCCCCCCCCCC)Oc2ccc(-c3ccc(S(=O)(=O)O)cc3)cc21. The summed E-state index contributed by atoms with van der Waals surface area (Å²) in [6, 6.07) is 24.6. The van der Waals surface area contributed by atoms with Crippen molar-refractivity contribution in [3.05, 3.63) is 109 Å². The van der Waals surface area contributed by atoms with Gasteiger partial charge in [-0.3, -0.25) is 9.11 Å². The van der Waals surface area contributed by atoms with Crippen molar-refractivity contribution >= 4 is 43.1 Å². The molecule has 2 N–H and O–H groups in total. The highest BCUT2D eigenvalue weighted by atomic mass is 32.2. The molecule has 1 aromatic heterocycles. The Kier molecular flexibility index (Phi) is 26.8.